The van der Waals surface area contributed by atoms with E-state index in [0.717, 1.165) is 35.4 Å². The highest BCUT2D eigenvalue weighted by atomic mass is 32.2. The predicted molar refractivity (Wildman–Crippen MR) is 85.8 cm³/mol. The van der Waals surface area contributed by atoms with Crippen molar-refractivity contribution in [2.45, 2.75) is 11.7 Å². The van der Waals surface area contributed by atoms with Crippen LogP contribution in [0.2, 0.25) is 0 Å². The highest BCUT2D eigenvalue weighted by molar-refractivity contribution is 7.99. The lowest BCUT2D eigenvalue weighted by Gasteiger charge is -2.05. The van der Waals surface area contributed by atoms with Gasteiger partial charge < -0.3 is 5.32 Å². The Hall–Kier alpha value is -2.25. The van der Waals surface area contributed by atoms with Crippen molar-refractivity contribution in [3.63, 3.8) is 0 Å². The SMILES string of the molecule is c1ccc(-n2nnnc2SCCNCc2ccccn2)cc1. The van der Waals surface area contributed by atoms with E-state index < -0.39 is 0 Å². The topological polar surface area (TPSA) is 68.5 Å². The quantitative estimate of drug-likeness (QED) is 0.531. The van der Waals surface area contributed by atoms with Crippen LogP contribution in [0.15, 0.2) is 59.9 Å². The molecule has 7 heteroatoms. The fourth-order valence-electron chi connectivity index (χ4n) is 1.93. The minimum Gasteiger partial charge on any atom is -0.310 e. The van der Waals surface area contributed by atoms with Gasteiger partial charge in [0.15, 0.2) is 0 Å². The summed E-state index contributed by atoms with van der Waals surface area (Å²) < 4.78 is 1.75. The van der Waals surface area contributed by atoms with Crippen LogP contribution < -0.4 is 5.32 Å². The zero-order chi connectivity index (χ0) is 15.0. The van der Waals surface area contributed by atoms with Gasteiger partial charge in [-0.1, -0.05) is 36.0 Å². The Bertz CT molecular complexity index is 686. The molecule has 0 fully saturated rings. The van der Waals surface area contributed by atoms with E-state index >= 15 is 0 Å². The summed E-state index contributed by atoms with van der Waals surface area (Å²) in [5.41, 5.74) is 2.01. The summed E-state index contributed by atoms with van der Waals surface area (Å²) in [7, 11) is 0. The number of hydrogen-bond donors (Lipinski definition) is 1. The molecule has 0 saturated heterocycles. The number of hydrogen-bond acceptors (Lipinski definition) is 6. The second kappa shape index (κ2) is 7.67. The van der Waals surface area contributed by atoms with Crippen molar-refractivity contribution in [1.29, 1.82) is 0 Å². The molecule has 0 atom stereocenters. The van der Waals surface area contributed by atoms with Crippen LogP contribution in [0.5, 0.6) is 0 Å². The van der Waals surface area contributed by atoms with E-state index in [1.54, 1.807) is 22.6 Å². The standard InChI is InChI=1S/C15H16N6S/c1-2-7-14(8-3-1)21-15(18-19-20-21)22-11-10-16-12-13-6-4-5-9-17-13/h1-9,16H,10-12H2. The molecular formula is C15H16N6S. The van der Waals surface area contributed by atoms with E-state index in [-0.39, 0.29) is 0 Å². The van der Waals surface area contributed by atoms with Crippen molar-refractivity contribution in [3.8, 4) is 5.69 Å². The maximum Gasteiger partial charge on any atom is 0.214 e. The third-order valence-corrected chi connectivity index (χ3v) is 3.90. The zero-order valence-electron chi connectivity index (χ0n) is 12.0. The summed E-state index contributed by atoms with van der Waals surface area (Å²) >= 11 is 1.63. The van der Waals surface area contributed by atoms with Gasteiger partial charge in [-0.3, -0.25) is 4.98 Å². The van der Waals surface area contributed by atoms with Crippen molar-refractivity contribution in [3.05, 3.63) is 60.4 Å². The van der Waals surface area contributed by atoms with Gasteiger partial charge in [-0.15, -0.1) is 5.10 Å². The number of benzene rings is 1. The van der Waals surface area contributed by atoms with Crippen molar-refractivity contribution < 1.29 is 0 Å². The molecule has 3 rings (SSSR count). The van der Waals surface area contributed by atoms with Crippen molar-refractivity contribution in [2.75, 3.05) is 12.3 Å². The molecule has 22 heavy (non-hydrogen) atoms. The second-order valence-electron chi connectivity index (χ2n) is 4.56. The number of tetrazole rings is 1. The molecule has 0 amide bonds. The Morgan fingerprint density at radius 1 is 1.05 bits per heavy atom. The third-order valence-electron chi connectivity index (χ3n) is 2.98. The van der Waals surface area contributed by atoms with Crippen LogP contribution in [0, 0.1) is 0 Å². The van der Waals surface area contributed by atoms with Crippen molar-refractivity contribution >= 4 is 11.8 Å². The Morgan fingerprint density at radius 3 is 2.73 bits per heavy atom. The van der Waals surface area contributed by atoms with E-state index in [2.05, 4.69) is 25.8 Å². The fraction of sp³-hybridized carbons (Fsp3) is 0.200. The van der Waals surface area contributed by atoms with Gasteiger partial charge >= 0.3 is 0 Å². The van der Waals surface area contributed by atoms with Gasteiger partial charge in [-0.2, -0.15) is 4.68 Å². The van der Waals surface area contributed by atoms with Crippen LogP contribution in [0.25, 0.3) is 5.69 Å². The summed E-state index contributed by atoms with van der Waals surface area (Å²) in [6.07, 6.45) is 1.81. The Morgan fingerprint density at radius 2 is 1.91 bits per heavy atom. The molecule has 0 spiro atoms. The van der Waals surface area contributed by atoms with Gasteiger partial charge in [0.25, 0.3) is 0 Å². The molecule has 112 valence electrons. The molecule has 2 aromatic heterocycles. The maximum absolute atomic E-state index is 4.27. The number of rotatable bonds is 7. The predicted octanol–water partition coefficient (Wildman–Crippen LogP) is 1.94. The molecule has 0 saturated carbocycles. The highest BCUT2D eigenvalue weighted by Crippen LogP contribution is 2.17. The molecule has 0 radical (unpaired) electrons. The molecule has 0 unspecified atom stereocenters. The van der Waals surface area contributed by atoms with Crippen LogP contribution in [-0.2, 0) is 6.54 Å². The number of nitrogens with one attached hydrogen (secondary N) is 1. The van der Waals surface area contributed by atoms with Gasteiger partial charge in [0, 0.05) is 25.0 Å². The van der Waals surface area contributed by atoms with Gasteiger partial charge in [0.2, 0.25) is 5.16 Å². The van der Waals surface area contributed by atoms with E-state index in [4.69, 9.17) is 0 Å². The molecule has 1 aromatic carbocycles. The molecule has 2 heterocycles. The lowest BCUT2D eigenvalue weighted by Crippen LogP contribution is -2.17. The molecule has 0 aliphatic carbocycles. The first-order valence-corrected chi connectivity index (χ1v) is 7.99. The number of para-hydroxylation sites is 1. The molecule has 0 bridgehead atoms. The van der Waals surface area contributed by atoms with Gasteiger partial charge in [-0.25, -0.2) is 0 Å². The average molecular weight is 312 g/mol. The van der Waals surface area contributed by atoms with Crippen LogP contribution in [0.4, 0.5) is 0 Å². The summed E-state index contributed by atoms with van der Waals surface area (Å²) in [5.74, 6) is 0.889. The van der Waals surface area contributed by atoms with Crippen LogP contribution in [0.3, 0.4) is 0 Å². The molecule has 1 N–H and O–H groups in total. The first-order chi connectivity index (χ1) is 10.9. The lowest BCUT2D eigenvalue weighted by atomic mass is 10.3. The van der Waals surface area contributed by atoms with E-state index in [1.165, 1.54) is 0 Å². The zero-order valence-corrected chi connectivity index (χ0v) is 12.8. The second-order valence-corrected chi connectivity index (χ2v) is 5.62. The maximum atomic E-state index is 4.27. The number of pyridine rings is 1. The van der Waals surface area contributed by atoms with E-state index in [1.807, 2.05) is 48.5 Å². The Labute approximate surface area is 133 Å². The van der Waals surface area contributed by atoms with Crippen LogP contribution >= 0.6 is 11.8 Å². The highest BCUT2D eigenvalue weighted by Gasteiger charge is 2.07. The summed E-state index contributed by atoms with van der Waals surface area (Å²) in [5, 5.41) is 16.0. The monoisotopic (exact) mass is 312 g/mol. The van der Waals surface area contributed by atoms with E-state index in [0.29, 0.717) is 0 Å². The first kappa shape index (κ1) is 14.7. The van der Waals surface area contributed by atoms with E-state index in [9.17, 15) is 0 Å². The fourth-order valence-corrected chi connectivity index (χ4v) is 2.72. The largest absolute Gasteiger partial charge is 0.310 e. The molecular weight excluding hydrogens is 296 g/mol. The van der Waals surface area contributed by atoms with Gasteiger partial charge in [-0.05, 0) is 34.7 Å². The average Bonchev–Trinajstić information content (AvgIpc) is 3.05. The summed E-state index contributed by atoms with van der Waals surface area (Å²) in [6.45, 7) is 1.63. The molecule has 0 aliphatic rings. The number of nitrogens with zero attached hydrogens (tertiary/aromatic N) is 5. The third kappa shape index (κ3) is 3.90. The Kier molecular flexibility index (Phi) is 5.12. The van der Waals surface area contributed by atoms with Crippen molar-refractivity contribution in [1.82, 2.24) is 30.5 Å². The first-order valence-electron chi connectivity index (χ1n) is 7.01. The summed E-state index contributed by atoms with van der Waals surface area (Å²) in [4.78, 5) is 4.27. The lowest BCUT2D eigenvalue weighted by molar-refractivity contribution is 0.713. The minimum atomic E-state index is 0.769. The Balaban J connectivity index is 1.48. The van der Waals surface area contributed by atoms with Crippen molar-refractivity contribution in [2.24, 2.45) is 0 Å². The number of thioether (sulfide) groups is 1. The molecule has 3 aromatic rings. The van der Waals surface area contributed by atoms with Crippen LogP contribution in [0.1, 0.15) is 5.69 Å². The number of aromatic nitrogens is 5. The van der Waals surface area contributed by atoms with Gasteiger partial charge in [0.05, 0.1) is 11.4 Å². The minimum absolute atomic E-state index is 0.769. The normalized spacial score (nSPS) is 10.7. The van der Waals surface area contributed by atoms with Gasteiger partial charge in [0.1, 0.15) is 0 Å². The summed E-state index contributed by atoms with van der Waals surface area (Å²) in [6, 6.07) is 15.8. The van der Waals surface area contributed by atoms with Crippen LogP contribution in [-0.4, -0.2) is 37.5 Å². The smallest absolute Gasteiger partial charge is 0.214 e. The molecule has 0 aliphatic heterocycles. The molecule has 6 nitrogen and oxygen atoms in total.